The Kier molecular flexibility index (Phi) is 3.63. The molecule has 0 saturated heterocycles. The summed E-state index contributed by atoms with van der Waals surface area (Å²) in [5.74, 6) is 0.0847. The quantitative estimate of drug-likeness (QED) is 0.901. The minimum atomic E-state index is -0.892. The fourth-order valence-corrected chi connectivity index (χ4v) is 1.85. The third-order valence-corrected chi connectivity index (χ3v) is 2.88. The first kappa shape index (κ1) is 12.6. The number of aryl methyl sites for hydroxylation is 1. The highest BCUT2D eigenvalue weighted by Crippen LogP contribution is 2.30. The van der Waals surface area contributed by atoms with Crippen LogP contribution in [0.3, 0.4) is 0 Å². The first-order valence-corrected chi connectivity index (χ1v) is 5.70. The van der Waals surface area contributed by atoms with Crippen molar-refractivity contribution in [3.8, 4) is 5.75 Å². The standard InChI is InChI=1S/C15H15FO2/c1-10-3-5-11(6-4-10)15(17)13-9-12(16)7-8-14(13)18-2/h3-9,15,17H,1-2H3. The van der Waals surface area contributed by atoms with Gasteiger partial charge in [0, 0.05) is 5.56 Å². The van der Waals surface area contributed by atoms with E-state index < -0.39 is 11.9 Å². The molecule has 0 aromatic heterocycles. The molecule has 2 aromatic rings. The molecular formula is C15H15FO2. The van der Waals surface area contributed by atoms with Crippen LogP contribution in [0.5, 0.6) is 5.75 Å². The van der Waals surface area contributed by atoms with Crippen LogP contribution in [0, 0.1) is 12.7 Å². The fraction of sp³-hybridized carbons (Fsp3) is 0.200. The SMILES string of the molecule is COc1ccc(F)cc1C(O)c1ccc(C)cc1. The number of halogens is 1. The third-order valence-electron chi connectivity index (χ3n) is 2.88. The second-order valence-corrected chi connectivity index (χ2v) is 4.20. The second kappa shape index (κ2) is 5.19. The maximum atomic E-state index is 13.3. The highest BCUT2D eigenvalue weighted by atomic mass is 19.1. The van der Waals surface area contributed by atoms with Crippen molar-refractivity contribution in [1.82, 2.24) is 0 Å². The number of aliphatic hydroxyl groups excluding tert-OH is 1. The van der Waals surface area contributed by atoms with Gasteiger partial charge in [-0.15, -0.1) is 0 Å². The number of benzene rings is 2. The van der Waals surface area contributed by atoms with Crippen LogP contribution >= 0.6 is 0 Å². The maximum absolute atomic E-state index is 13.3. The van der Waals surface area contributed by atoms with Crippen molar-refractivity contribution >= 4 is 0 Å². The topological polar surface area (TPSA) is 29.5 Å². The molecule has 1 unspecified atom stereocenters. The molecule has 0 radical (unpaired) electrons. The normalized spacial score (nSPS) is 12.2. The predicted molar refractivity (Wildman–Crippen MR) is 68.2 cm³/mol. The smallest absolute Gasteiger partial charge is 0.125 e. The number of aliphatic hydroxyl groups is 1. The van der Waals surface area contributed by atoms with Gasteiger partial charge in [0.05, 0.1) is 7.11 Å². The summed E-state index contributed by atoms with van der Waals surface area (Å²) in [5.41, 5.74) is 2.25. The van der Waals surface area contributed by atoms with Crippen LogP contribution in [0.4, 0.5) is 4.39 Å². The van der Waals surface area contributed by atoms with Crippen LogP contribution in [0.25, 0.3) is 0 Å². The van der Waals surface area contributed by atoms with Crippen LogP contribution in [0.1, 0.15) is 22.8 Å². The average Bonchev–Trinajstić information content (AvgIpc) is 2.39. The summed E-state index contributed by atoms with van der Waals surface area (Å²) in [4.78, 5) is 0. The molecule has 0 amide bonds. The molecule has 0 spiro atoms. The first-order valence-electron chi connectivity index (χ1n) is 5.70. The molecule has 1 atom stereocenters. The van der Waals surface area contributed by atoms with Gasteiger partial charge in [-0.3, -0.25) is 0 Å². The lowest BCUT2D eigenvalue weighted by Gasteiger charge is -2.15. The summed E-state index contributed by atoms with van der Waals surface area (Å²) in [6, 6.07) is 11.6. The van der Waals surface area contributed by atoms with Gasteiger partial charge in [0.1, 0.15) is 17.7 Å². The molecule has 0 aliphatic heterocycles. The Morgan fingerprint density at radius 1 is 1.11 bits per heavy atom. The van der Waals surface area contributed by atoms with Gasteiger partial charge in [-0.25, -0.2) is 4.39 Å². The zero-order chi connectivity index (χ0) is 13.1. The van der Waals surface area contributed by atoms with E-state index in [1.165, 1.54) is 25.3 Å². The Balaban J connectivity index is 2.41. The van der Waals surface area contributed by atoms with Gasteiger partial charge < -0.3 is 9.84 Å². The number of hydrogen-bond acceptors (Lipinski definition) is 2. The van der Waals surface area contributed by atoms with Gasteiger partial charge in [0.15, 0.2) is 0 Å². The minimum absolute atomic E-state index is 0.392. The predicted octanol–water partition coefficient (Wildman–Crippen LogP) is 3.22. The largest absolute Gasteiger partial charge is 0.496 e. The van der Waals surface area contributed by atoms with Gasteiger partial charge in [-0.1, -0.05) is 29.8 Å². The Hall–Kier alpha value is -1.87. The lowest BCUT2D eigenvalue weighted by atomic mass is 9.99. The van der Waals surface area contributed by atoms with Crippen molar-refractivity contribution in [3.05, 3.63) is 65.0 Å². The molecule has 0 saturated carbocycles. The summed E-state index contributed by atoms with van der Waals surface area (Å²) in [6.45, 7) is 1.97. The van der Waals surface area contributed by atoms with Crippen molar-refractivity contribution < 1.29 is 14.2 Å². The van der Waals surface area contributed by atoms with Gasteiger partial charge in [-0.2, -0.15) is 0 Å². The highest BCUT2D eigenvalue weighted by molar-refractivity contribution is 5.41. The molecule has 1 N–H and O–H groups in total. The number of hydrogen-bond donors (Lipinski definition) is 1. The van der Waals surface area contributed by atoms with E-state index in [4.69, 9.17) is 4.74 Å². The van der Waals surface area contributed by atoms with Crippen molar-refractivity contribution in [1.29, 1.82) is 0 Å². The van der Waals surface area contributed by atoms with Gasteiger partial charge in [0.2, 0.25) is 0 Å². The van der Waals surface area contributed by atoms with Crippen molar-refractivity contribution in [2.45, 2.75) is 13.0 Å². The first-order chi connectivity index (χ1) is 8.61. The fourth-order valence-electron chi connectivity index (χ4n) is 1.85. The Morgan fingerprint density at radius 3 is 2.39 bits per heavy atom. The van der Waals surface area contributed by atoms with Crippen LogP contribution in [-0.2, 0) is 0 Å². The molecule has 0 aliphatic carbocycles. The summed E-state index contributed by atoms with van der Waals surface area (Å²) in [7, 11) is 1.50. The van der Waals surface area contributed by atoms with Crippen LogP contribution < -0.4 is 4.74 Å². The molecule has 94 valence electrons. The summed E-state index contributed by atoms with van der Waals surface area (Å²) in [5, 5.41) is 10.3. The van der Waals surface area contributed by atoms with E-state index in [0.29, 0.717) is 16.9 Å². The Labute approximate surface area is 106 Å². The van der Waals surface area contributed by atoms with E-state index in [1.807, 2.05) is 31.2 Å². The molecule has 2 nitrogen and oxygen atoms in total. The lowest BCUT2D eigenvalue weighted by molar-refractivity contribution is 0.214. The maximum Gasteiger partial charge on any atom is 0.125 e. The monoisotopic (exact) mass is 246 g/mol. The van der Waals surface area contributed by atoms with Crippen molar-refractivity contribution in [2.24, 2.45) is 0 Å². The van der Waals surface area contributed by atoms with Crippen molar-refractivity contribution in [2.75, 3.05) is 7.11 Å². The zero-order valence-electron chi connectivity index (χ0n) is 10.4. The number of ether oxygens (including phenoxy) is 1. The molecular weight excluding hydrogens is 231 g/mol. The Morgan fingerprint density at radius 2 is 1.78 bits per heavy atom. The molecule has 2 aromatic carbocycles. The molecule has 0 heterocycles. The number of rotatable bonds is 3. The summed E-state index contributed by atoms with van der Waals surface area (Å²) < 4.78 is 18.4. The zero-order valence-corrected chi connectivity index (χ0v) is 10.4. The van der Waals surface area contributed by atoms with E-state index in [1.54, 1.807) is 0 Å². The molecule has 0 aliphatic rings. The second-order valence-electron chi connectivity index (χ2n) is 4.20. The van der Waals surface area contributed by atoms with E-state index in [2.05, 4.69) is 0 Å². The average molecular weight is 246 g/mol. The summed E-state index contributed by atoms with van der Waals surface area (Å²) >= 11 is 0. The van der Waals surface area contributed by atoms with E-state index in [9.17, 15) is 9.50 Å². The van der Waals surface area contributed by atoms with Crippen molar-refractivity contribution in [3.63, 3.8) is 0 Å². The van der Waals surface area contributed by atoms with E-state index >= 15 is 0 Å². The van der Waals surface area contributed by atoms with E-state index in [0.717, 1.165) is 5.56 Å². The molecule has 3 heteroatoms. The minimum Gasteiger partial charge on any atom is -0.496 e. The Bertz CT molecular complexity index is 535. The van der Waals surface area contributed by atoms with Gasteiger partial charge in [0.25, 0.3) is 0 Å². The summed E-state index contributed by atoms with van der Waals surface area (Å²) in [6.07, 6.45) is -0.892. The third kappa shape index (κ3) is 2.51. The van der Waals surface area contributed by atoms with Crippen LogP contribution in [0.2, 0.25) is 0 Å². The molecule has 2 rings (SSSR count). The van der Waals surface area contributed by atoms with Crippen LogP contribution in [0.15, 0.2) is 42.5 Å². The lowest BCUT2D eigenvalue weighted by Crippen LogP contribution is -2.03. The highest BCUT2D eigenvalue weighted by Gasteiger charge is 2.16. The number of methoxy groups -OCH3 is 1. The molecule has 0 bridgehead atoms. The molecule has 18 heavy (non-hydrogen) atoms. The van der Waals surface area contributed by atoms with E-state index in [-0.39, 0.29) is 0 Å². The van der Waals surface area contributed by atoms with Gasteiger partial charge in [-0.05, 0) is 30.7 Å². The molecule has 0 fully saturated rings. The van der Waals surface area contributed by atoms with Gasteiger partial charge >= 0.3 is 0 Å². The van der Waals surface area contributed by atoms with Crippen LogP contribution in [-0.4, -0.2) is 12.2 Å².